The minimum Gasteiger partial charge on any atom is -0.352 e. The van der Waals surface area contributed by atoms with Crippen molar-refractivity contribution in [2.45, 2.75) is 69.5 Å². The molecule has 2 amide bonds. The number of benzene rings is 4. The van der Waals surface area contributed by atoms with Gasteiger partial charge in [0.05, 0.1) is 10.6 Å². The second kappa shape index (κ2) is 14.6. The van der Waals surface area contributed by atoms with Gasteiger partial charge in [0.15, 0.2) is 0 Å². The molecular formula is C37H41N3O4S. The number of amides is 2. The highest BCUT2D eigenvalue weighted by Gasteiger charge is 2.35. The van der Waals surface area contributed by atoms with Gasteiger partial charge in [-0.25, -0.2) is 8.42 Å². The average molecular weight is 624 g/mol. The molecule has 8 heteroatoms. The second-order valence-electron chi connectivity index (χ2n) is 11.9. The molecule has 0 bridgehead atoms. The first kappa shape index (κ1) is 32.0. The third-order valence-electron chi connectivity index (χ3n) is 8.27. The zero-order valence-electron chi connectivity index (χ0n) is 25.9. The molecule has 234 valence electrons. The van der Waals surface area contributed by atoms with Crippen LogP contribution in [-0.4, -0.2) is 43.8 Å². The van der Waals surface area contributed by atoms with Crippen LogP contribution >= 0.6 is 0 Å². The summed E-state index contributed by atoms with van der Waals surface area (Å²) in [5.74, 6) is -0.682. The minimum absolute atomic E-state index is 0.0645. The number of rotatable bonds is 12. The number of nitrogens with one attached hydrogen (secondary N) is 1. The number of hydrogen-bond acceptors (Lipinski definition) is 4. The third-order valence-corrected chi connectivity index (χ3v) is 10.1. The number of hydrogen-bond donors (Lipinski definition) is 1. The molecule has 1 N–H and O–H groups in total. The summed E-state index contributed by atoms with van der Waals surface area (Å²) in [7, 11) is -4.13. The Morgan fingerprint density at radius 2 is 1.31 bits per heavy atom. The van der Waals surface area contributed by atoms with Gasteiger partial charge in [-0.2, -0.15) is 0 Å². The summed E-state index contributed by atoms with van der Waals surface area (Å²) >= 11 is 0. The van der Waals surface area contributed by atoms with Gasteiger partial charge in [0, 0.05) is 19.0 Å². The van der Waals surface area contributed by atoms with Gasteiger partial charge in [0.1, 0.15) is 12.6 Å². The Hall–Kier alpha value is -4.43. The summed E-state index contributed by atoms with van der Waals surface area (Å²) in [6, 6.07) is 32.0. The predicted octanol–water partition coefficient (Wildman–Crippen LogP) is 6.20. The number of sulfonamides is 1. The lowest BCUT2D eigenvalue weighted by Gasteiger charge is -2.34. The minimum atomic E-state index is -4.13. The van der Waals surface area contributed by atoms with E-state index in [4.69, 9.17) is 0 Å². The van der Waals surface area contributed by atoms with E-state index in [0.717, 1.165) is 47.9 Å². The first-order valence-corrected chi connectivity index (χ1v) is 17.0. The summed E-state index contributed by atoms with van der Waals surface area (Å²) in [5, 5.41) is 3.21. The van der Waals surface area contributed by atoms with Crippen LogP contribution in [0.3, 0.4) is 0 Å². The van der Waals surface area contributed by atoms with Crippen LogP contribution in [0.15, 0.2) is 114 Å². The van der Waals surface area contributed by atoms with Crippen molar-refractivity contribution in [2.24, 2.45) is 0 Å². The van der Waals surface area contributed by atoms with Gasteiger partial charge in [-0.3, -0.25) is 13.9 Å². The molecule has 7 nitrogen and oxygen atoms in total. The zero-order chi connectivity index (χ0) is 31.8. The number of aryl methyl sites for hydroxylation is 2. The number of carbonyl (C=O) groups is 2. The van der Waals surface area contributed by atoms with E-state index >= 15 is 0 Å². The zero-order valence-corrected chi connectivity index (χ0v) is 26.7. The Bertz CT molecular complexity index is 1670. The molecule has 1 aliphatic carbocycles. The summed E-state index contributed by atoms with van der Waals surface area (Å²) < 4.78 is 29.5. The maximum absolute atomic E-state index is 14.6. The summed E-state index contributed by atoms with van der Waals surface area (Å²) in [4.78, 5) is 30.3. The van der Waals surface area contributed by atoms with E-state index in [1.807, 2.05) is 80.6 Å². The SMILES string of the molecule is Cc1cc(C)cc(N(CC(=O)N(Cc2ccccc2)[C@H](Cc2ccccc2)C(=O)NC2CCCC2)S(=O)(=O)c2ccccc2)c1. The van der Waals surface area contributed by atoms with Crippen molar-refractivity contribution < 1.29 is 18.0 Å². The van der Waals surface area contributed by atoms with Crippen LogP contribution in [0.2, 0.25) is 0 Å². The number of nitrogens with zero attached hydrogens (tertiary/aromatic N) is 2. The Morgan fingerprint density at radius 1 is 0.778 bits per heavy atom. The quantitative estimate of drug-likeness (QED) is 0.204. The standard InChI is InChI=1S/C37H41N3O4S/c1-28-22-29(2)24-33(23-28)40(45(43,44)34-20-10-5-11-21-34)27-36(41)39(26-31-16-8-4-9-17-31)35(25-30-14-6-3-7-15-30)37(42)38-32-18-12-13-19-32/h3-11,14-17,20-24,32,35H,12-13,18-19,25-27H2,1-2H3,(H,38,42)/t35-/m1/s1. The highest BCUT2D eigenvalue weighted by atomic mass is 32.2. The number of anilines is 1. The van der Waals surface area contributed by atoms with Crippen LogP contribution in [0.4, 0.5) is 5.69 Å². The van der Waals surface area contributed by atoms with Gasteiger partial charge in [0.2, 0.25) is 11.8 Å². The molecule has 5 rings (SSSR count). The summed E-state index contributed by atoms with van der Waals surface area (Å²) in [5.41, 5.74) is 3.92. The maximum atomic E-state index is 14.6. The molecule has 0 aliphatic heterocycles. The van der Waals surface area contributed by atoms with Gasteiger partial charge < -0.3 is 10.2 Å². The highest BCUT2D eigenvalue weighted by molar-refractivity contribution is 7.92. The molecule has 4 aromatic carbocycles. The van der Waals surface area contributed by atoms with Crippen LogP contribution < -0.4 is 9.62 Å². The molecule has 4 aromatic rings. The fourth-order valence-corrected chi connectivity index (χ4v) is 7.46. The second-order valence-corrected chi connectivity index (χ2v) is 13.7. The first-order chi connectivity index (χ1) is 21.7. The Labute approximate surface area is 266 Å². The highest BCUT2D eigenvalue weighted by Crippen LogP contribution is 2.27. The number of carbonyl (C=O) groups excluding carboxylic acids is 2. The van der Waals surface area contributed by atoms with E-state index in [1.54, 1.807) is 35.2 Å². The van der Waals surface area contributed by atoms with Gasteiger partial charge in [0.25, 0.3) is 10.0 Å². The molecule has 0 heterocycles. The van der Waals surface area contributed by atoms with Crippen molar-refractivity contribution in [3.05, 3.63) is 131 Å². The average Bonchev–Trinajstić information content (AvgIpc) is 3.55. The molecule has 45 heavy (non-hydrogen) atoms. The third kappa shape index (κ3) is 8.19. The van der Waals surface area contributed by atoms with E-state index in [0.29, 0.717) is 12.1 Å². The molecule has 0 spiro atoms. The van der Waals surface area contributed by atoms with Gasteiger partial charge in [-0.05, 0) is 73.2 Å². The van der Waals surface area contributed by atoms with Crippen molar-refractivity contribution >= 4 is 27.5 Å². The molecular weight excluding hydrogens is 582 g/mol. The molecule has 1 aliphatic rings. The fourth-order valence-electron chi connectivity index (χ4n) is 6.04. The molecule has 1 atom stereocenters. The molecule has 0 aromatic heterocycles. The van der Waals surface area contributed by atoms with E-state index in [1.165, 1.54) is 16.4 Å². The van der Waals surface area contributed by atoms with Crippen LogP contribution in [0.5, 0.6) is 0 Å². The maximum Gasteiger partial charge on any atom is 0.264 e. The largest absolute Gasteiger partial charge is 0.352 e. The topological polar surface area (TPSA) is 86.8 Å². The molecule has 1 fully saturated rings. The Balaban J connectivity index is 1.56. The van der Waals surface area contributed by atoms with Crippen LogP contribution in [0.1, 0.15) is 47.9 Å². The van der Waals surface area contributed by atoms with Gasteiger partial charge >= 0.3 is 0 Å². The van der Waals surface area contributed by atoms with Crippen molar-refractivity contribution in [2.75, 3.05) is 10.8 Å². The fraction of sp³-hybridized carbons (Fsp3) is 0.297. The Kier molecular flexibility index (Phi) is 10.4. The molecule has 0 radical (unpaired) electrons. The van der Waals surface area contributed by atoms with E-state index in [2.05, 4.69) is 5.32 Å². The first-order valence-electron chi connectivity index (χ1n) is 15.5. The van der Waals surface area contributed by atoms with Crippen LogP contribution in [0.25, 0.3) is 0 Å². The van der Waals surface area contributed by atoms with Crippen molar-refractivity contribution in [3.63, 3.8) is 0 Å². The van der Waals surface area contributed by atoms with Crippen LogP contribution in [0, 0.1) is 13.8 Å². The lowest BCUT2D eigenvalue weighted by molar-refractivity contribution is -0.140. The van der Waals surface area contributed by atoms with Crippen LogP contribution in [-0.2, 0) is 32.6 Å². The smallest absolute Gasteiger partial charge is 0.264 e. The van der Waals surface area contributed by atoms with Crippen molar-refractivity contribution in [1.82, 2.24) is 10.2 Å². The van der Waals surface area contributed by atoms with E-state index < -0.39 is 28.5 Å². The molecule has 1 saturated carbocycles. The molecule has 0 saturated heterocycles. The lowest BCUT2D eigenvalue weighted by atomic mass is 10.0. The predicted molar refractivity (Wildman–Crippen MR) is 178 cm³/mol. The summed E-state index contributed by atoms with van der Waals surface area (Å²) in [6.07, 6.45) is 4.23. The monoisotopic (exact) mass is 623 g/mol. The van der Waals surface area contributed by atoms with E-state index in [9.17, 15) is 18.0 Å². The van der Waals surface area contributed by atoms with Gasteiger partial charge in [-0.15, -0.1) is 0 Å². The molecule has 0 unspecified atom stereocenters. The Morgan fingerprint density at radius 3 is 1.89 bits per heavy atom. The van der Waals surface area contributed by atoms with E-state index in [-0.39, 0.29) is 23.4 Å². The van der Waals surface area contributed by atoms with Gasteiger partial charge in [-0.1, -0.05) is 97.8 Å². The lowest BCUT2D eigenvalue weighted by Crippen LogP contribution is -2.54. The summed E-state index contributed by atoms with van der Waals surface area (Å²) in [6.45, 7) is 3.49. The van der Waals surface area contributed by atoms with Crippen molar-refractivity contribution in [1.29, 1.82) is 0 Å². The normalized spacial score (nSPS) is 14.1. The van der Waals surface area contributed by atoms with Crippen molar-refractivity contribution in [3.8, 4) is 0 Å².